The maximum absolute atomic E-state index is 5.49. The number of aromatic nitrogens is 4. The zero-order valence-electron chi connectivity index (χ0n) is 8.47. The van der Waals surface area contributed by atoms with Gasteiger partial charge in [-0.05, 0) is 6.92 Å². The van der Waals surface area contributed by atoms with Crippen LogP contribution in [0, 0.1) is 6.92 Å². The Balaban J connectivity index is 2.31. The molecule has 0 aliphatic heterocycles. The molecule has 2 aromatic heterocycles. The largest absolute Gasteiger partial charge is 0.417 e. The molecule has 0 radical (unpaired) electrons. The van der Waals surface area contributed by atoms with Crippen LogP contribution < -0.4 is 10.5 Å². The Morgan fingerprint density at radius 3 is 2.81 bits per heavy atom. The first-order valence-electron chi connectivity index (χ1n) is 4.47. The van der Waals surface area contributed by atoms with E-state index in [2.05, 4.69) is 20.2 Å². The number of rotatable bonds is 3. The van der Waals surface area contributed by atoms with Crippen LogP contribution in [0.3, 0.4) is 0 Å². The van der Waals surface area contributed by atoms with Crippen molar-refractivity contribution >= 4 is 17.2 Å². The van der Waals surface area contributed by atoms with E-state index >= 15 is 0 Å². The first-order valence-corrected chi connectivity index (χ1v) is 4.88. The lowest BCUT2D eigenvalue weighted by atomic mass is 10.4. The van der Waals surface area contributed by atoms with E-state index in [1.807, 2.05) is 6.92 Å². The van der Waals surface area contributed by atoms with Crippen LogP contribution in [0.15, 0.2) is 18.5 Å². The summed E-state index contributed by atoms with van der Waals surface area (Å²) in [6.45, 7) is 1.87. The molecule has 0 atom stereocenters. The Labute approximate surface area is 96.9 Å². The third kappa shape index (κ3) is 2.14. The zero-order valence-corrected chi connectivity index (χ0v) is 9.28. The maximum Gasteiger partial charge on any atom is 0.250 e. The van der Waals surface area contributed by atoms with Gasteiger partial charge < -0.3 is 10.5 Å². The van der Waals surface area contributed by atoms with E-state index in [4.69, 9.17) is 22.7 Å². The first-order chi connectivity index (χ1) is 7.66. The number of aromatic amines is 1. The number of nitrogens with zero attached hydrogens (tertiary/aromatic N) is 3. The van der Waals surface area contributed by atoms with E-state index in [-0.39, 0.29) is 10.9 Å². The molecule has 0 unspecified atom stereocenters. The molecule has 7 heteroatoms. The molecule has 0 aliphatic carbocycles. The van der Waals surface area contributed by atoms with Crippen molar-refractivity contribution < 1.29 is 4.74 Å². The van der Waals surface area contributed by atoms with Crippen molar-refractivity contribution in [3.05, 3.63) is 29.8 Å². The number of ether oxygens (including phenoxy) is 1. The number of aryl methyl sites for hydroxylation is 1. The molecule has 0 saturated heterocycles. The van der Waals surface area contributed by atoms with Crippen molar-refractivity contribution in [2.75, 3.05) is 0 Å². The second-order valence-corrected chi connectivity index (χ2v) is 3.51. The van der Waals surface area contributed by atoms with Crippen LogP contribution in [0.1, 0.15) is 11.4 Å². The van der Waals surface area contributed by atoms with Crippen LogP contribution in [0.2, 0.25) is 0 Å². The molecule has 82 valence electrons. The second kappa shape index (κ2) is 4.23. The summed E-state index contributed by atoms with van der Waals surface area (Å²) >= 11 is 4.84. The van der Waals surface area contributed by atoms with Gasteiger partial charge in [0.25, 0.3) is 0 Å². The van der Waals surface area contributed by atoms with Gasteiger partial charge in [0.1, 0.15) is 4.99 Å². The van der Waals surface area contributed by atoms with Gasteiger partial charge >= 0.3 is 0 Å². The highest BCUT2D eigenvalue weighted by molar-refractivity contribution is 7.80. The van der Waals surface area contributed by atoms with Crippen LogP contribution in [0.25, 0.3) is 0 Å². The Morgan fingerprint density at radius 2 is 2.19 bits per heavy atom. The lowest BCUT2D eigenvalue weighted by Crippen LogP contribution is -2.13. The van der Waals surface area contributed by atoms with Gasteiger partial charge in [-0.1, -0.05) is 12.2 Å². The Bertz CT molecular complexity index is 524. The average molecular weight is 235 g/mol. The molecule has 16 heavy (non-hydrogen) atoms. The van der Waals surface area contributed by atoms with Crippen molar-refractivity contribution in [3.8, 4) is 11.8 Å². The fourth-order valence-corrected chi connectivity index (χ4v) is 1.25. The fraction of sp³-hybridized carbons (Fsp3) is 0.111. The Hall–Kier alpha value is -2.02. The van der Waals surface area contributed by atoms with Gasteiger partial charge in [0.2, 0.25) is 11.8 Å². The third-order valence-electron chi connectivity index (χ3n) is 1.78. The standard InChI is InChI=1S/C9H9N5OS/c1-5-4-6(14-13-5)15-9-7(8(10)16)11-2-3-12-9/h2-4H,1H3,(H2,10,16)(H,13,14). The molecule has 6 nitrogen and oxygen atoms in total. The highest BCUT2D eigenvalue weighted by Gasteiger charge is 2.11. The summed E-state index contributed by atoms with van der Waals surface area (Å²) in [6, 6.07) is 1.73. The van der Waals surface area contributed by atoms with E-state index < -0.39 is 0 Å². The van der Waals surface area contributed by atoms with Gasteiger partial charge in [0.05, 0.1) is 0 Å². The summed E-state index contributed by atoms with van der Waals surface area (Å²) in [5.41, 5.74) is 6.72. The minimum Gasteiger partial charge on any atom is -0.417 e. The summed E-state index contributed by atoms with van der Waals surface area (Å²) in [6.07, 6.45) is 2.99. The SMILES string of the molecule is Cc1cc(Oc2nccnc2C(N)=S)n[nH]1. The minimum absolute atomic E-state index is 0.135. The van der Waals surface area contributed by atoms with Gasteiger partial charge in [-0.15, -0.1) is 5.10 Å². The van der Waals surface area contributed by atoms with Crippen molar-refractivity contribution in [2.45, 2.75) is 6.92 Å². The van der Waals surface area contributed by atoms with Crippen molar-refractivity contribution in [1.29, 1.82) is 0 Å². The molecule has 0 saturated carbocycles. The van der Waals surface area contributed by atoms with Crippen molar-refractivity contribution in [2.24, 2.45) is 5.73 Å². The normalized spacial score (nSPS) is 10.1. The van der Waals surface area contributed by atoms with Crippen molar-refractivity contribution in [1.82, 2.24) is 20.2 Å². The molecule has 2 aromatic rings. The predicted molar refractivity (Wildman–Crippen MR) is 61.3 cm³/mol. The Morgan fingerprint density at radius 1 is 1.44 bits per heavy atom. The lowest BCUT2D eigenvalue weighted by Gasteiger charge is -2.04. The number of nitrogens with two attached hydrogens (primary N) is 1. The van der Waals surface area contributed by atoms with E-state index in [1.54, 1.807) is 6.07 Å². The molecule has 3 N–H and O–H groups in total. The van der Waals surface area contributed by atoms with Crippen LogP contribution in [0.4, 0.5) is 0 Å². The summed E-state index contributed by atoms with van der Waals surface area (Å²) in [4.78, 5) is 8.12. The predicted octanol–water partition coefficient (Wildman–Crippen LogP) is 0.935. The quantitative estimate of drug-likeness (QED) is 0.769. The molecule has 2 heterocycles. The van der Waals surface area contributed by atoms with Crippen LogP contribution in [-0.2, 0) is 0 Å². The van der Waals surface area contributed by atoms with E-state index in [1.165, 1.54) is 12.4 Å². The summed E-state index contributed by atoms with van der Waals surface area (Å²) < 4.78 is 5.41. The van der Waals surface area contributed by atoms with Crippen LogP contribution in [0.5, 0.6) is 11.8 Å². The van der Waals surface area contributed by atoms with Gasteiger partial charge in [-0.3, -0.25) is 5.10 Å². The summed E-state index contributed by atoms with van der Waals surface area (Å²) in [7, 11) is 0. The summed E-state index contributed by atoms with van der Waals surface area (Å²) in [5.74, 6) is 0.650. The average Bonchev–Trinajstić information content (AvgIpc) is 2.64. The molecule has 0 spiro atoms. The molecule has 2 rings (SSSR count). The smallest absolute Gasteiger partial charge is 0.250 e. The van der Waals surface area contributed by atoms with Gasteiger partial charge in [-0.25, -0.2) is 9.97 Å². The molecule has 0 aromatic carbocycles. The van der Waals surface area contributed by atoms with E-state index in [9.17, 15) is 0 Å². The molecular formula is C9H9N5OS. The number of thiocarbonyl (C=S) groups is 1. The van der Waals surface area contributed by atoms with E-state index in [0.717, 1.165) is 5.69 Å². The molecule has 0 aliphatic rings. The van der Waals surface area contributed by atoms with Crippen LogP contribution >= 0.6 is 12.2 Å². The zero-order chi connectivity index (χ0) is 11.5. The van der Waals surface area contributed by atoms with Crippen LogP contribution in [-0.4, -0.2) is 25.2 Å². The van der Waals surface area contributed by atoms with E-state index in [0.29, 0.717) is 11.6 Å². The molecule has 0 bridgehead atoms. The third-order valence-corrected chi connectivity index (χ3v) is 1.98. The molecule has 0 amide bonds. The number of nitrogens with one attached hydrogen (secondary N) is 1. The highest BCUT2D eigenvalue weighted by atomic mass is 32.1. The number of hydrogen-bond acceptors (Lipinski definition) is 5. The molecule has 0 fully saturated rings. The topological polar surface area (TPSA) is 89.7 Å². The van der Waals surface area contributed by atoms with Crippen molar-refractivity contribution in [3.63, 3.8) is 0 Å². The Kier molecular flexibility index (Phi) is 2.78. The lowest BCUT2D eigenvalue weighted by molar-refractivity contribution is 0.440. The van der Waals surface area contributed by atoms with Gasteiger partial charge in [0, 0.05) is 24.2 Å². The monoisotopic (exact) mass is 235 g/mol. The number of H-pyrrole nitrogens is 1. The highest BCUT2D eigenvalue weighted by Crippen LogP contribution is 2.19. The first kappa shape index (κ1) is 10.5. The maximum atomic E-state index is 5.49. The summed E-state index contributed by atoms with van der Waals surface area (Å²) in [5, 5.41) is 6.66. The number of hydrogen-bond donors (Lipinski definition) is 2. The molecular weight excluding hydrogens is 226 g/mol. The minimum atomic E-state index is 0.135. The van der Waals surface area contributed by atoms with Gasteiger partial charge in [0.15, 0.2) is 5.69 Å². The second-order valence-electron chi connectivity index (χ2n) is 3.07. The fourth-order valence-electron chi connectivity index (χ4n) is 1.11. The van der Waals surface area contributed by atoms with Gasteiger partial charge in [-0.2, -0.15) is 0 Å².